The predicted molar refractivity (Wildman–Crippen MR) is 99.7 cm³/mol. The van der Waals surface area contributed by atoms with Gasteiger partial charge in [-0.2, -0.15) is 5.26 Å². The highest BCUT2D eigenvalue weighted by atomic mass is 16.5. The van der Waals surface area contributed by atoms with Crippen molar-refractivity contribution in [2.75, 3.05) is 18.0 Å². The Morgan fingerprint density at radius 1 is 1.31 bits per heavy atom. The van der Waals surface area contributed by atoms with Crippen LogP contribution in [-0.2, 0) is 9.53 Å². The molecule has 0 amide bonds. The average Bonchev–Trinajstić information content (AvgIpc) is 2.61. The number of rotatable bonds is 4. The number of benzene rings is 1. The monoisotopic (exact) mass is 352 g/mol. The van der Waals surface area contributed by atoms with Crippen molar-refractivity contribution in [3.05, 3.63) is 30.0 Å². The van der Waals surface area contributed by atoms with Crippen LogP contribution in [0.1, 0.15) is 45.2 Å². The molecule has 0 bridgehead atoms. The van der Waals surface area contributed by atoms with E-state index in [1.54, 1.807) is 13.8 Å². The standard InChI is InChI=1S/C20H24N4O2/c1-13(2)26-20(25)15(11-21)18-19(24-10-6-7-14(3)12-24)23-17-9-5-4-8-16(17)22-18/h4-5,8-9,13-15H,6-7,10,12H2,1-3H3/t14-,15-/m1/s1. The molecule has 2 atom stereocenters. The normalized spacial score (nSPS) is 18.6. The molecule has 2 heterocycles. The van der Waals surface area contributed by atoms with Crippen molar-refractivity contribution in [3.63, 3.8) is 0 Å². The number of carbonyl (C=O) groups excluding carboxylic acids is 1. The summed E-state index contributed by atoms with van der Waals surface area (Å²) in [6.45, 7) is 7.44. The molecule has 0 spiro atoms. The molecule has 0 aliphatic carbocycles. The first kappa shape index (κ1) is 18.1. The Hall–Kier alpha value is -2.68. The predicted octanol–water partition coefficient (Wildman–Crippen LogP) is 3.42. The zero-order valence-electron chi connectivity index (χ0n) is 15.5. The Balaban J connectivity index is 2.10. The van der Waals surface area contributed by atoms with Crippen LogP contribution in [0.5, 0.6) is 0 Å². The largest absolute Gasteiger partial charge is 0.462 e. The van der Waals surface area contributed by atoms with Crippen molar-refractivity contribution < 1.29 is 9.53 Å². The summed E-state index contributed by atoms with van der Waals surface area (Å²) in [5.74, 6) is -0.490. The van der Waals surface area contributed by atoms with Gasteiger partial charge in [-0.25, -0.2) is 9.97 Å². The molecule has 6 heteroatoms. The fraction of sp³-hybridized carbons (Fsp3) is 0.500. The van der Waals surface area contributed by atoms with Gasteiger partial charge in [0, 0.05) is 13.1 Å². The van der Waals surface area contributed by atoms with Crippen LogP contribution in [0.3, 0.4) is 0 Å². The first-order valence-corrected chi connectivity index (χ1v) is 9.11. The van der Waals surface area contributed by atoms with Crippen molar-refractivity contribution in [3.8, 4) is 6.07 Å². The van der Waals surface area contributed by atoms with Crippen molar-refractivity contribution >= 4 is 22.8 Å². The second kappa shape index (κ2) is 7.69. The van der Waals surface area contributed by atoms with Crippen LogP contribution >= 0.6 is 0 Å². The van der Waals surface area contributed by atoms with Crippen molar-refractivity contribution in [2.45, 2.75) is 45.6 Å². The van der Waals surface area contributed by atoms with Gasteiger partial charge in [-0.3, -0.25) is 4.79 Å². The minimum absolute atomic E-state index is 0.287. The topological polar surface area (TPSA) is 79.1 Å². The number of esters is 1. The second-order valence-corrected chi connectivity index (χ2v) is 7.16. The number of para-hydroxylation sites is 2. The SMILES string of the molecule is CC(C)OC(=O)[C@H](C#N)c1nc2ccccc2nc1N1CCC[C@@H](C)C1. The van der Waals surface area contributed by atoms with Crippen LogP contribution < -0.4 is 4.90 Å². The smallest absolute Gasteiger partial charge is 0.329 e. The summed E-state index contributed by atoms with van der Waals surface area (Å²) in [5.41, 5.74) is 1.83. The molecule has 0 N–H and O–H groups in total. The molecule has 0 saturated carbocycles. The van der Waals surface area contributed by atoms with Gasteiger partial charge in [0.25, 0.3) is 0 Å². The van der Waals surface area contributed by atoms with Gasteiger partial charge in [0.05, 0.1) is 23.2 Å². The highest BCUT2D eigenvalue weighted by molar-refractivity contribution is 5.85. The number of aromatic nitrogens is 2. The zero-order valence-corrected chi connectivity index (χ0v) is 15.5. The fourth-order valence-corrected chi connectivity index (χ4v) is 3.34. The first-order chi connectivity index (χ1) is 12.5. The summed E-state index contributed by atoms with van der Waals surface area (Å²) in [6, 6.07) is 9.60. The number of nitriles is 1. The number of piperidine rings is 1. The van der Waals surface area contributed by atoms with Crippen LogP contribution in [0.15, 0.2) is 24.3 Å². The van der Waals surface area contributed by atoms with E-state index in [0.717, 1.165) is 25.0 Å². The fourth-order valence-electron chi connectivity index (χ4n) is 3.34. The van der Waals surface area contributed by atoms with Crippen LogP contribution in [0, 0.1) is 17.2 Å². The lowest BCUT2D eigenvalue weighted by Crippen LogP contribution is -2.36. The molecule has 0 radical (unpaired) electrons. The Morgan fingerprint density at radius 2 is 2.00 bits per heavy atom. The van der Waals surface area contributed by atoms with E-state index in [1.807, 2.05) is 24.3 Å². The second-order valence-electron chi connectivity index (χ2n) is 7.16. The maximum absolute atomic E-state index is 12.5. The van der Waals surface area contributed by atoms with Crippen LogP contribution in [0.4, 0.5) is 5.82 Å². The molecule has 1 saturated heterocycles. The van der Waals surface area contributed by atoms with Gasteiger partial charge in [0.2, 0.25) is 0 Å². The molecular formula is C20H24N4O2. The van der Waals surface area contributed by atoms with Gasteiger partial charge < -0.3 is 9.64 Å². The number of anilines is 1. The molecule has 3 rings (SSSR count). The molecule has 1 aromatic carbocycles. The zero-order chi connectivity index (χ0) is 18.7. The summed E-state index contributed by atoms with van der Waals surface area (Å²) in [7, 11) is 0. The van der Waals surface area contributed by atoms with E-state index in [0.29, 0.717) is 22.9 Å². The summed E-state index contributed by atoms with van der Waals surface area (Å²) in [6.07, 6.45) is 1.94. The quantitative estimate of drug-likeness (QED) is 0.785. The third-order valence-electron chi connectivity index (χ3n) is 4.52. The van der Waals surface area contributed by atoms with Gasteiger partial charge >= 0.3 is 5.97 Å². The highest BCUT2D eigenvalue weighted by Crippen LogP contribution is 2.30. The van der Waals surface area contributed by atoms with E-state index < -0.39 is 11.9 Å². The lowest BCUT2D eigenvalue weighted by atomic mass is 9.99. The maximum Gasteiger partial charge on any atom is 0.329 e. The van der Waals surface area contributed by atoms with Crippen molar-refractivity contribution in [1.29, 1.82) is 5.26 Å². The van der Waals surface area contributed by atoms with Gasteiger partial charge in [-0.1, -0.05) is 19.1 Å². The number of ether oxygens (including phenoxy) is 1. The Bertz CT molecular complexity index is 843. The molecule has 1 aliphatic rings. The Labute approximate surface area is 153 Å². The Morgan fingerprint density at radius 3 is 2.62 bits per heavy atom. The number of nitrogens with zero attached hydrogens (tertiary/aromatic N) is 4. The third kappa shape index (κ3) is 3.77. The van der Waals surface area contributed by atoms with Gasteiger partial charge in [-0.05, 0) is 44.7 Å². The number of carbonyl (C=O) groups is 1. The summed E-state index contributed by atoms with van der Waals surface area (Å²) >= 11 is 0. The van der Waals surface area contributed by atoms with E-state index in [1.165, 1.54) is 6.42 Å². The molecule has 26 heavy (non-hydrogen) atoms. The highest BCUT2D eigenvalue weighted by Gasteiger charge is 2.31. The summed E-state index contributed by atoms with van der Waals surface area (Å²) in [5, 5.41) is 9.67. The molecule has 1 aliphatic heterocycles. The van der Waals surface area contributed by atoms with E-state index >= 15 is 0 Å². The van der Waals surface area contributed by atoms with Crippen molar-refractivity contribution in [2.24, 2.45) is 5.92 Å². The molecule has 6 nitrogen and oxygen atoms in total. The Kier molecular flexibility index (Phi) is 5.36. The summed E-state index contributed by atoms with van der Waals surface area (Å²) in [4.78, 5) is 24.1. The van der Waals surface area contributed by atoms with E-state index in [2.05, 4.69) is 22.9 Å². The molecule has 136 valence electrons. The third-order valence-corrected chi connectivity index (χ3v) is 4.52. The van der Waals surface area contributed by atoms with Gasteiger partial charge in [0.1, 0.15) is 5.69 Å². The number of hydrogen-bond donors (Lipinski definition) is 0. The lowest BCUT2D eigenvalue weighted by Gasteiger charge is -2.33. The van der Waals surface area contributed by atoms with E-state index in [-0.39, 0.29) is 6.10 Å². The van der Waals surface area contributed by atoms with Gasteiger partial charge in [-0.15, -0.1) is 0 Å². The molecule has 2 aromatic rings. The molecule has 1 fully saturated rings. The van der Waals surface area contributed by atoms with Crippen molar-refractivity contribution in [1.82, 2.24) is 9.97 Å². The minimum atomic E-state index is -1.08. The minimum Gasteiger partial charge on any atom is -0.462 e. The van der Waals surface area contributed by atoms with Crippen LogP contribution in [0.2, 0.25) is 0 Å². The van der Waals surface area contributed by atoms with Crippen LogP contribution in [-0.4, -0.2) is 35.1 Å². The first-order valence-electron chi connectivity index (χ1n) is 9.11. The van der Waals surface area contributed by atoms with Crippen LogP contribution in [0.25, 0.3) is 11.0 Å². The number of fused-ring (bicyclic) bond motifs is 1. The lowest BCUT2D eigenvalue weighted by molar-refractivity contribution is -0.147. The molecule has 1 aromatic heterocycles. The van der Waals surface area contributed by atoms with Gasteiger partial charge in [0.15, 0.2) is 11.7 Å². The van der Waals surface area contributed by atoms with E-state index in [9.17, 15) is 10.1 Å². The number of hydrogen-bond acceptors (Lipinski definition) is 6. The molecular weight excluding hydrogens is 328 g/mol. The average molecular weight is 352 g/mol. The van der Waals surface area contributed by atoms with E-state index in [4.69, 9.17) is 9.72 Å². The maximum atomic E-state index is 12.5. The molecule has 0 unspecified atom stereocenters. The summed E-state index contributed by atoms with van der Waals surface area (Å²) < 4.78 is 5.29.